The lowest BCUT2D eigenvalue weighted by Crippen LogP contribution is -2.71. The highest BCUT2D eigenvalue weighted by atomic mass is 16.8. The highest BCUT2D eigenvalue weighted by Gasteiger charge is 2.61. The molecule has 1 saturated heterocycles. The number of rotatable bonds is 5. The number of methoxy groups -OCH3 is 2. The predicted octanol–water partition coefficient (Wildman–Crippen LogP) is 2.48. The van der Waals surface area contributed by atoms with Crippen molar-refractivity contribution in [1.29, 1.82) is 0 Å². The summed E-state index contributed by atoms with van der Waals surface area (Å²) in [6.45, 7) is 6.08. The molecule has 1 aliphatic heterocycles. The summed E-state index contributed by atoms with van der Waals surface area (Å²) in [6.07, 6.45) is -1.29. The molecule has 6 heteroatoms. The molecule has 26 heavy (non-hydrogen) atoms. The van der Waals surface area contributed by atoms with Crippen molar-refractivity contribution >= 4 is 0 Å². The minimum atomic E-state index is -1.13. The second-order valence-corrected chi connectivity index (χ2v) is 7.51. The molecule has 2 aliphatic rings. The van der Waals surface area contributed by atoms with Crippen LogP contribution in [0.1, 0.15) is 32.8 Å². The van der Waals surface area contributed by atoms with Crippen molar-refractivity contribution in [3.63, 3.8) is 0 Å². The van der Waals surface area contributed by atoms with Crippen LogP contribution in [0.25, 0.3) is 0 Å². The normalized spacial score (nSPS) is 43.1. The van der Waals surface area contributed by atoms with Crippen LogP contribution in [0.15, 0.2) is 30.3 Å². The zero-order valence-corrected chi connectivity index (χ0v) is 16.2. The smallest absolute Gasteiger partial charge is 0.220 e. The van der Waals surface area contributed by atoms with Gasteiger partial charge in [0.15, 0.2) is 0 Å². The SMILES string of the molecule is CO[C@@]1(C)O[C@@H]2[C@H](OCc3ccccc3)[C@H](C)C[C@@H](O)[C@H]2O[C@]1(C)OC. The highest BCUT2D eigenvalue weighted by molar-refractivity contribution is 5.13. The highest BCUT2D eigenvalue weighted by Crippen LogP contribution is 2.45. The zero-order chi connectivity index (χ0) is 18.9. The van der Waals surface area contributed by atoms with Gasteiger partial charge < -0.3 is 28.8 Å². The zero-order valence-electron chi connectivity index (χ0n) is 16.2. The molecular weight excluding hydrogens is 336 g/mol. The van der Waals surface area contributed by atoms with E-state index in [1.54, 1.807) is 28.1 Å². The monoisotopic (exact) mass is 366 g/mol. The standard InChI is InChI=1S/C20H30O6/c1-13-11-15(21)17-18(16(13)24-12-14-9-7-6-8-10-14)26-20(3,23-5)19(2,22-4)25-17/h6-10,13,15-18,21H,11-12H2,1-5H3/t13-,15-,16-,17-,18-,19+,20+/m1/s1. The first-order valence-electron chi connectivity index (χ1n) is 9.13. The van der Waals surface area contributed by atoms with E-state index in [9.17, 15) is 5.11 Å². The third kappa shape index (κ3) is 3.42. The number of ether oxygens (including phenoxy) is 5. The van der Waals surface area contributed by atoms with Crippen molar-refractivity contribution in [3.05, 3.63) is 35.9 Å². The summed E-state index contributed by atoms with van der Waals surface area (Å²) in [6, 6.07) is 10.0. The van der Waals surface area contributed by atoms with Crippen LogP contribution in [0.5, 0.6) is 0 Å². The predicted molar refractivity (Wildman–Crippen MR) is 95.4 cm³/mol. The Hall–Kier alpha value is -1.02. The maximum Gasteiger partial charge on any atom is 0.220 e. The summed E-state index contributed by atoms with van der Waals surface area (Å²) in [7, 11) is 3.10. The maximum atomic E-state index is 10.6. The Morgan fingerprint density at radius 2 is 1.62 bits per heavy atom. The van der Waals surface area contributed by atoms with Crippen molar-refractivity contribution in [3.8, 4) is 0 Å². The number of hydrogen-bond donors (Lipinski definition) is 1. The largest absolute Gasteiger partial charge is 0.390 e. The van der Waals surface area contributed by atoms with E-state index in [2.05, 4.69) is 6.92 Å². The van der Waals surface area contributed by atoms with Crippen LogP contribution in [-0.2, 0) is 30.3 Å². The molecule has 0 radical (unpaired) electrons. The Morgan fingerprint density at radius 1 is 1.04 bits per heavy atom. The summed E-state index contributed by atoms with van der Waals surface area (Å²) in [5.41, 5.74) is 1.09. The first-order valence-corrected chi connectivity index (χ1v) is 9.13. The second-order valence-electron chi connectivity index (χ2n) is 7.51. The molecule has 1 heterocycles. The third-order valence-corrected chi connectivity index (χ3v) is 5.81. The van der Waals surface area contributed by atoms with Crippen LogP contribution >= 0.6 is 0 Å². The van der Waals surface area contributed by atoms with E-state index in [-0.39, 0.29) is 12.0 Å². The van der Waals surface area contributed by atoms with E-state index in [4.69, 9.17) is 23.7 Å². The van der Waals surface area contributed by atoms with E-state index in [0.717, 1.165) is 5.56 Å². The van der Waals surface area contributed by atoms with Crippen molar-refractivity contribution in [1.82, 2.24) is 0 Å². The van der Waals surface area contributed by atoms with E-state index >= 15 is 0 Å². The van der Waals surface area contributed by atoms with Crippen LogP contribution in [-0.4, -0.2) is 55.3 Å². The van der Waals surface area contributed by atoms with Crippen molar-refractivity contribution in [2.75, 3.05) is 14.2 Å². The van der Waals surface area contributed by atoms with Gasteiger partial charge in [0.1, 0.15) is 12.2 Å². The molecule has 0 amide bonds. The summed E-state index contributed by atoms with van der Waals surface area (Å²) in [5.74, 6) is -2.13. The maximum absolute atomic E-state index is 10.6. The molecule has 1 N–H and O–H groups in total. The van der Waals surface area contributed by atoms with Gasteiger partial charge in [-0.3, -0.25) is 0 Å². The molecule has 7 atom stereocenters. The second kappa shape index (κ2) is 7.54. The number of fused-ring (bicyclic) bond motifs is 1. The van der Waals surface area contributed by atoms with Crippen LogP contribution in [0.2, 0.25) is 0 Å². The summed E-state index contributed by atoms with van der Waals surface area (Å²) in [4.78, 5) is 0. The lowest BCUT2D eigenvalue weighted by Gasteiger charge is -2.56. The van der Waals surface area contributed by atoms with E-state index in [1.807, 2.05) is 30.3 Å². The Kier molecular flexibility index (Phi) is 5.72. The first kappa shape index (κ1) is 19.7. The Morgan fingerprint density at radius 3 is 2.19 bits per heavy atom. The minimum absolute atomic E-state index is 0.117. The van der Waals surface area contributed by atoms with Gasteiger partial charge in [-0.15, -0.1) is 0 Å². The summed E-state index contributed by atoms with van der Waals surface area (Å²) < 4.78 is 29.9. The Balaban J connectivity index is 1.82. The molecule has 1 aliphatic carbocycles. The van der Waals surface area contributed by atoms with Crippen LogP contribution < -0.4 is 0 Å². The van der Waals surface area contributed by atoms with Gasteiger partial charge in [0.05, 0.1) is 18.8 Å². The summed E-state index contributed by atoms with van der Waals surface area (Å²) >= 11 is 0. The molecule has 0 unspecified atom stereocenters. The third-order valence-electron chi connectivity index (χ3n) is 5.81. The van der Waals surface area contributed by atoms with Gasteiger partial charge in [0, 0.05) is 14.2 Å². The van der Waals surface area contributed by atoms with Crippen LogP contribution in [0, 0.1) is 5.92 Å². The fourth-order valence-corrected chi connectivity index (χ4v) is 3.88. The minimum Gasteiger partial charge on any atom is -0.390 e. The molecule has 146 valence electrons. The average molecular weight is 366 g/mol. The van der Waals surface area contributed by atoms with Gasteiger partial charge in [-0.2, -0.15) is 0 Å². The topological polar surface area (TPSA) is 66.4 Å². The van der Waals surface area contributed by atoms with Gasteiger partial charge in [-0.25, -0.2) is 0 Å². The van der Waals surface area contributed by atoms with E-state index < -0.39 is 29.9 Å². The fraction of sp³-hybridized carbons (Fsp3) is 0.700. The lowest BCUT2D eigenvalue weighted by molar-refractivity contribution is -0.466. The number of aliphatic hydroxyl groups excluding tert-OH is 1. The molecule has 0 aromatic heterocycles. The first-order chi connectivity index (χ1) is 12.3. The van der Waals surface area contributed by atoms with E-state index in [1.165, 1.54) is 0 Å². The molecule has 2 fully saturated rings. The van der Waals surface area contributed by atoms with Crippen LogP contribution in [0.4, 0.5) is 0 Å². The molecule has 1 aromatic carbocycles. The molecule has 3 rings (SSSR count). The van der Waals surface area contributed by atoms with Crippen molar-refractivity contribution in [2.45, 2.75) is 69.8 Å². The molecule has 1 aromatic rings. The van der Waals surface area contributed by atoms with Crippen LogP contribution in [0.3, 0.4) is 0 Å². The fourth-order valence-electron chi connectivity index (χ4n) is 3.88. The van der Waals surface area contributed by atoms with Crippen molar-refractivity contribution in [2.24, 2.45) is 5.92 Å². The van der Waals surface area contributed by atoms with Gasteiger partial charge in [0.2, 0.25) is 11.6 Å². The quantitative estimate of drug-likeness (QED) is 0.864. The summed E-state index contributed by atoms with van der Waals surface area (Å²) in [5, 5.41) is 10.6. The van der Waals surface area contributed by atoms with Crippen molar-refractivity contribution < 1.29 is 28.8 Å². The van der Waals surface area contributed by atoms with E-state index in [0.29, 0.717) is 13.0 Å². The lowest BCUT2D eigenvalue weighted by atomic mass is 9.80. The Bertz CT molecular complexity index is 595. The van der Waals surface area contributed by atoms with Gasteiger partial charge >= 0.3 is 0 Å². The molecule has 0 spiro atoms. The molecule has 1 saturated carbocycles. The van der Waals surface area contributed by atoms with Gasteiger partial charge in [0.25, 0.3) is 0 Å². The average Bonchev–Trinajstić information content (AvgIpc) is 2.64. The number of aliphatic hydroxyl groups is 1. The van der Waals surface area contributed by atoms with Gasteiger partial charge in [-0.1, -0.05) is 37.3 Å². The molecule has 0 bridgehead atoms. The Labute approximate surface area is 155 Å². The number of hydrogen-bond acceptors (Lipinski definition) is 6. The molecule has 6 nitrogen and oxygen atoms in total. The number of benzene rings is 1. The van der Waals surface area contributed by atoms with Gasteiger partial charge in [-0.05, 0) is 31.7 Å². The molecular formula is C20H30O6.